The summed E-state index contributed by atoms with van der Waals surface area (Å²) in [6.07, 6.45) is 3.34. The number of thioether (sulfide) groups is 1. The average molecular weight is 440 g/mol. The van der Waals surface area contributed by atoms with E-state index in [0.717, 1.165) is 29.5 Å². The molecular weight excluding hydrogens is 420 g/mol. The number of nitrogens with zero attached hydrogens (tertiary/aromatic N) is 2. The smallest absolute Gasteiger partial charge is 0.338 e. The number of amides is 3. The van der Waals surface area contributed by atoms with Gasteiger partial charge in [0, 0.05) is 24.7 Å². The van der Waals surface area contributed by atoms with Crippen molar-refractivity contribution >= 4 is 40.9 Å². The lowest BCUT2D eigenvalue weighted by Crippen LogP contribution is -2.40. The van der Waals surface area contributed by atoms with Gasteiger partial charge in [-0.05, 0) is 42.8 Å². The third-order valence-electron chi connectivity index (χ3n) is 5.12. The molecule has 1 aromatic carbocycles. The maximum Gasteiger partial charge on any atom is 0.338 e. The first-order valence-corrected chi connectivity index (χ1v) is 10.6. The van der Waals surface area contributed by atoms with Crippen molar-refractivity contribution in [2.24, 2.45) is 0 Å². The normalized spacial score (nSPS) is 17.6. The molecule has 160 valence electrons. The van der Waals surface area contributed by atoms with Crippen LogP contribution in [0.4, 0.5) is 4.79 Å². The first kappa shape index (κ1) is 20.9. The molecular formula is C22H20N2O6S. The number of esters is 1. The van der Waals surface area contributed by atoms with Crippen molar-refractivity contribution in [3.8, 4) is 11.3 Å². The van der Waals surface area contributed by atoms with Gasteiger partial charge in [-0.3, -0.25) is 19.3 Å². The zero-order chi connectivity index (χ0) is 22.0. The van der Waals surface area contributed by atoms with Crippen LogP contribution in [0.2, 0.25) is 0 Å². The molecule has 0 atom stereocenters. The molecule has 0 radical (unpaired) electrons. The molecule has 2 fully saturated rings. The van der Waals surface area contributed by atoms with Gasteiger partial charge in [0.25, 0.3) is 11.1 Å². The molecule has 0 aliphatic carbocycles. The summed E-state index contributed by atoms with van der Waals surface area (Å²) in [5, 5.41) is -0.480. The highest BCUT2D eigenvalue weighted by molar-refractivity contribution is 8.18. The van der Waals surface area contributed by atoms with E-state index in [1.807, 2.05) is 0 Å². The van der Waals surface area contributed by atoms with E-state index in [4.69, 9.17) is 9.15 Å². The Kier molecular flexibility index (Phi) is 5.94. The van der Waals surface area contributed by atoms with Crippen LogP contribution in [0, 0.1) is 0 Å². The van der Waals surface area contributed by atoms with Crippen molar-refractivity contribution in [1.29, 1.82) is 0 Å². The summed E-state index contributed by atoms with van der Waals surface area (Å²) >= 11 is 0.772. The van der Waals surface area contributed by atoms with Crippen molar-refractivity contribution in [2.75, 3.05) is 26.7 Å². The molecule has 0 unspecified atom stereocenters. The number of carbonyl (C=O) groups is 4. The minimum Gasteiger partial charge on any atom is -0.465 e. The minimum absolute atomic E-state index is 0.182. The Balaban J connectivity index is 1.52. The molecule has 2 aromatic rings. The van der Waals surface area contributed by atoms with Gasteiger partial charge in [-0.25, -0.2) is 4.79 Å². The van der Waals surface area contributed by atoms with Gasteiger partial charge in [0.1, 0.15) is 18.1 Å². The number of furan rings is 1. The highest BCUT2D eigenvalue weighted by atomic mass is 32.2. The Labute approximate surface area is 182 Å². The molecule has 0 saturated carbocycles. The van der Waals surface area contributed by atoms with E-state index >= 15 is 0 Å². The van der Waals surface area contributed by atoms with E-state index in [1.54, 1.807) is 41.3 Å². The molecule has 4 rings (SSSR count). The van der Waals surface area contributed by atoms with Crippen molar-refractivity contribution < 1.29 is 28.3 Å². The lowest BCUT2D eigenvalue weighted by atomic mass is 10.1. The van der Waals surface area contributed by atoms with Gasteiger partial charge in [-0.1, -0.05) is 18.2 Å². The van der Waals surface area contributed by atoms with Gasteiger partial charge in [-0.2, -0.15) is 0 Å². The van der Waals surface area contributed by atoms with E-state index in [-0.39, 0.29) is 17.4 Å². The number of rotatable bonds is 5. The third kappa shape index (κ3) is 4.27. The van der Waals surface area contributed by atoms with E-state index in [1.165, 1.54) is 13.2 Å². The topological polar surface area (TPSA) is 97.1 Å². The lowest BCUT2D eigenvalue weighted by Gasteiger charge is -2.18. The molecule has 31 heavy (non-hydrogen) atoms. The second kappa shape index (κ2) is 8.81. The zero-order valence-corrected chi connectivity index (χ0v) is 17.6. The van der Waals surface area contributed by atoms with Gasteiger partial charge in [0.2, 0.25) is 5.91 Å². The number of hydrogen-bond donors (Lipinski definition) is 0. The van der Waals surface area contributed by atoms with Gasteiger partial charge in [-0.15, -0.1) is 0 Å². The van der Waals surface area contributed by atoms with Crippen LogP contribution >= 0.6 is 11.8 Å². The number of benzene rings is 1. The lowest BCUT2D eigenvalue weighted by molar-refractivity contribution is -0.135. The van der Waals surface area contributed by atoms with Gasteiger partial charge in [0.15, 0.2) is 0 Å². The second-order valence-electron chi connectivity index (χ2n) is 7.09. The number of ether oxygens (including phenoxy) is 1. The molecule has 9 heteroatoms. The molecule has 1 aromatic heterocycles. The maximum atomic E-state index is 12.7. The van der Waals surface area contributed by atoms with Gasteiger partial charge < -0.3 is 14.1 Å². The summed E-state index contributed by atoms with van der Waals surface area (Å²) in [4.78, 5) is 52.1. The summed E-state index contributed by atoms with van der Waals surface area (Å²) in [7, 11) is 1.30. The number of carbonyl (C=O) groups excluding carboxylic acids is 4. The first-order valence-electron chi connectivity index (χ1n) is 9.78. The van der Waals surface area contributed by atoms with E-state index in [9.17, 15) is 19.2 Å². The van der Waals surface area contributed by atoms with Crippen molar-refractivity contribution in [1.82, 2.24) is 9.80 Å². The summed E-state index contributed by atoms with van der Waals surface area (Å²) < 4.78 is 10.6. The zero-order valence-electron chi connectivity index (χ0n) is 16.8. The first-order chi connectivity index (χ1) is 15.0. The van der Waals surface area contributed by atoms with Crippen molar-refractivity contribution in [2.45, 2.75) is 12.8 Å². The predicted molar refractivity (Wildman–Crippen MR) is 114 cm³/mol. The van der Waals surface area contributed by atoms with E-state index in [2.05, 4.69) is 0 Å². The highest BCUT2D eigenvalue weighted by Gasteiger charge is 2.37. The van der Waals surface area contributed by atoms with Crippen LogP contribution in [0.5, 0.6) is 0 Å². The van der Waals surface area contributed by atoms with Crippen LogP contribution in [-0.2, 0) is 14.3 Å². The fraction of sp³-hybridized carbons (Fsp3) is 0.273. The van der Waals surface area contributed by atoms with Crippen LogP contribution in [-0.4, -0.2) is 59.6 Å². The van der Waals surface area contributed by atoms with Gasteiger partial charge in [0.05, 0.1) is 17.6 Å². The van der Waals surface area contributed by atoms with Crippen molar-refractivity contribution in [3.63, 3.8) is 0 Å². The van der Waals surface area contributed by atoms with Crippen LogP contribution < -0.4 is 0 Å². The molecule has 0 bridgehead atoms. The Bertz CT molecular complexity index is 1080. The Morgan fingerprint density at radius 1 is 1.13 bits per heavy atom. The quantitative estimate of drug-likeness (QED) is 0.519. The largest absolute Gasteiger partial charge is 0.465 e. The Morgan fingerprint density at radius 2 is 1.87 bits per heavy atom. The second-order valence-corrected chi connectivity index (χ2v) is 8.09. The number of hydrogen-bond acceptors (Lipinski definition) is 7. The monoisotopic (exact) mass is 440 g/mol. The highest BCUT2D eigenvalue weighted by Crippen LogP contribution is 2.34. The number of likely N-dealkylation sites (tertiary alicyclic amines) is 1. The number of imide groups is 1. The van der Waals surface area contributed by atoms with Crippen LogP contribution in [0.1, 0.15) is 29.0 Å². The average Bonchev–Trinajstić information content (AvgIpc) is 3.52. The van der Waals surface area contributed by atoms with Crippen LogP contribution in [0.3, 0.4) is 0 Å². The molecule has 0 spiro atoms. The fourth-order valence-corrected chi connectivity index (χ4v) is 4.35. The number of methoxy groups -OCH3 is 1. The molecule has 0 N–H and O–H groups in total. The van der Waals surface area contributed by atoms with E-state index in [0.29, 0.717) is 35.7 Å². The molecule has 8 nitrogen and oxygen atoms in total. The molecule has 2 aliphatic rings. The van der Waals surface area contributed by atoms with Gasteiger partial charge >= 0.3 is 5.97 Å². The predicted octanol–water partition coefficient (Wildman–Crippen LogP) is 3.39. The summed E-state index contributed by atoms with van der Waals surface area (Å²) in [6, 6.07) is 10.2. The van der Waals surface area contributed by atoms with Crippen LogP contribution in [0.25, 0.3) is 17.4 Å². The standard InChI is InChI=1S/C22H20N2O6S/c1-29-21(27)16-7-3-2-6-15(16)17-9-8-14(30-17)12-18-20(26)24(22(28)31-18)13-19(25)23-10-4-5-11-23/h2-3,6-9,12H,4-5,10-11,13H2,1H3/b18-12-. The summed E-state index contributed by atoms with van der Waals surface area (Å²) in [5.41, 5.74) is 0.907. The molecule has 3 amide bonds. The van der Waals surface area contributed by atoms with E-state index < -0.39 is 17.1 Å². The minimum atomic E-state index is -0.518. The Hall–Kier alpha value is -3.33. The SMILES string of the molecule is COC(=O)c1ccccc1-c1ccc(/C=C2\SC(=O)N(CC(=O)N3CCCC3)C2=O)o1. The summed E-state index contributed by atoms with van der Waals surface area (Å²) in [6.45, 7) is 1.07. The fourth-order valence-electron chi connectivity index (χ4n) is 3.53. The maximum absolute atomic E-state index is 12.7. The van der Waals surface area contributed by atoms with Crippen LogP contribution in [0.15, 0.2) is 45.7 Å². The Morgan fingerprint density at radius 3 is 2.61 bits per heavy atom. The molecule has 2 aliphatic heterocycles. The summed E-state index contributed by atoms with van der Waals surface area (Å²) in [5.74, 6) is -0.449. The van der Waals surface area contributed by atoms with Crippen molar-refractivity contribution in [3.05, 3.63) is 52.6 Å². The third-order valence-corrected chi connectivity index (χ3v) is 6.03. The molecule has 3 heterocycles. The molecule has 2 saturated heterocycles.